The summed E-state index contributed by atoms with van der Waals surface area (Å²) in [4.78, 5) is 49.9. The Morgan fingerprint density at radius 1 is 1.38 bits per heavy atom. The molecule has 1 aromatic rings. The number of nitrogens with zero attached hydrogens (tertiary/aromatic N) is 3. The molecule has 2 amide bonds. The normalized spacial score (nSPS) is 22.1. The number of hydrogen-bond donors (Lipinski definition) is 3. The van der Waals surface area contributed by atoms with Gasteiger partial charge in [0.15, 0.2) is 5.71 Å². The van der Waals surface area contributed by atoms with Crippen molar-refractivity contribution in [2.45, 2.75) is 24.4 Å². The Labute approximate surface area is 201 Å². The third kappa shape index (κ3) is 4.64. The first-order chi connectivity index (χ1) is 16.4. The maximum absolute atomic E-state index is 12.8. The predicted octanol–water partition coefficient (Wildman–Crippen LogP) is 1.28. The van der Waals surface area contributed by atoms with Crippen molar-refractivity contribution >= 4 is 52.9 Å². The summed E-state index contributed by atoms with van der Waals surface area (Å²) in [6.07, 6.45) is 2.03. The van der Waals surface area contributed by atoms with Crippen LogP contribution in [0.25, 0.3) is 0 Å². The van der Waals surface area contributed by atoms with E-state index in [-0.39, 0.29) is 29.3 Å². The summed E-state index contributed by atoms with van der Waals surface area (Å²) in [6.45, 7) is 0.269. The molecule has 14 heteroatoms. The monoisotopic (exact) mass is 505 g/mol. The van der Waals surface area contributed by atoms with Gasteiger partial charge in [-0.15, -0.1) is 11.8 Å². The largest absolute Gasteiger partial charge is 0.456 e. The number of β-lactam (4-membered cyclic amide) rings is 1. The van der Waals surface area contributed by atoms with E-state index in [0.29, 0.717) is 24.3 Å². The molecule has 3 aliphatic rings. The van der Waals surface area contributed by atoms with Crippen molar-refractivity contribution in [2.75, 3.05) is 12.3 Å². The van der Waals surface area contributed by atoms with Crippen molar-refractivity contribution in [2.24, 2.45) is 5.16 Å². The number of para-hydroxylation sites is 1. The predicted molar refractivity (Wildman–Crippen MR) is 124 cm³/mol. The van der Waals surface area contributed by atoms with Crippen LogP contribution in [0, 0.1) is 10.1 Å². The Bertz CT molecular complexity index is 1140. The molecular weight excluding hydrogens is 486 g/mol. The molecule has 1 aromatic carbocycles. The van der Waals surface area contributed by atoms with E-state index in [1.54, 1.807) is 11.5 Å². The molecule has 0 aromatic heterocycles. The van der Waals surface area contributed by atoms with Gasteiger partial charge >= 0.3 is 5.97 Å². The fraction of sp³-hybridized carbons (Fsp3) is 0.300. The van der Waals surface area contributed by atoms with E-state index in [9.17, 15) is 29.7 Å². The van der Waals surface area contributed by atoms with Gasteiger partial charge in [-0.1, -0.05) is 29.2 Å². The number of fused-ring (bicyclic) bond motifs is 1. The minimum absolute atomic E-state index is 0.0198. The third-order valence-corrected chi connectivity index (χ3v) is 7.25. The fourth-order valence-electron chi connectivity index (χ4n) is 3.61. The lowest BCUT2D eigenvalue weighted by molar-refractivity contribution is -0.385. The lowest BCUT2D eigenvalue weighted by Crippen LogP contribution is -2.70. The molecule has 0 bridgehead atoms. The van der Waals surface area contributed by atoms with Gasteiger partial charge in [0, 0.05) is 18.4 Å². The molecule has 0 radical (unpaired) electrons. The minimum Gasteiger partial charge on any atom is -0.456 e. The van der Waals surface area contributed by atoms with E-state index in [2.05, 4.69) is 15.2 Å². The summed E-state index contributed by atoms with van der Waals surface area (Å²) in [6, 6.07) is 4.99. The highest BCUT2D eigenvalue weighted by Crippen LogP contribution is 2.38. The van der Waals surface area contributed by atoms with Crippen molar-refractivity contribution < 1.29 is 29.3 Å². The van der Waals surface area contributed by atoms with Gasteiger partial charge in [0.05, 0.1) is 10.5 Å². The number of oxime groups is 1. The van der Waals surface area contributed by atoms with Crippen LogP contribution >= 0.6 is 23.7 Å². The molecule has 3 N–H and O–H groups in total. The number of benzene rings is 1. The lowest BCUT2D eigenvalue weighted by Gasteiger charge is -2.48. The first-order valence-electron chi connectivity index (χ1n) is 10.1. The van der Waals surface area contributed by atoms with Crippen LogP contribution in [0.3, 0.4) is 0 Å². The smallest absolute Gasteiger partial charge is 0.355 e. The summed E-state index contributed by atoms with van der Waals surface area (Å²) < 4.78 is 8.25. The number of carbonyl (C=O) groups is 3. The Hall–Kier alpha value is -3.36. The molecule has 0 aliphatic carbocycles. The van der Waals surface area contributed by atoms with Crippen LogP contribution in [0.2, 0.25) is 0 Å². The van der Waals surface area contributed by atoms with Crippen molar-refractivity contribution in [3.8, 4) is 0 Å². The molecule has 1 fully saturated rings. The van der Waals surface area contributed by atoms with Gasteiger partial charge in [0.25, 0.3) is 17.5 Å². The quantitative estimate of drug-likeness (QED) is 0.0935. The number of thioether (sulfide) groups is 1. The number of carbonyl (C=O) groups excluding carboxylic acids is 3. The average Bonchev–Trinajstić information content (AvgIpc) is 2.86. The van der Waals surface area contributed by atoms with Crippen molar-refractivity contribution in [3.05, 3.63) is 62.7 Å². The second-order valence-electron chi connectivity index (χ2n) is 7.29. The summed E-state index contributed by atoms with van der Waals surface area (Å²) >= 11 is 2.62. The summed E-state index contributed by atoms with van der Waals surface area (Å²) in [5, 5.41) is 27.3. The fourth-order valence-corrected chi connectivity index (χ4v) is 5.48. The van der Waals surface area contributed by atoms with Crippen LogP contribution < -0.4 is 10.0 Å². The molecule has 1 unspecified atom stereocenters. The van der Waals surface area contributed by atoms with Crippen LogP contribution in [0.5, 0.6) is 0 Å². The second kappa shape index (κ2) is 10.3. The van der Waals surface area contributed by atoms with Gasteiger partial charge in [-0.3, -0.25) is 29.3 Å². The number of amides is 2. The van der Waals surface area contributed by atoms with E-state index in [4.69, 9.17) is 4.74 Å². The summed E-state index contributed by atoms with van der Waals surface area (Å²) in [5.74, 6) is -1.60. The highest BCUT2D eigenvalue weighted by Gasteiger charge is 2.53. The molecule has 0 saturated carbocycles. The number of nitrogens with one attached hydrogen (secondary N) is 2. The molecule has 12 nitrogen and oxygen atoms in total. The molecule has 3 heterocycles. The average molecular weight is 506 g/mol. The van der Waals surface area contributed by atoms with Crippen LogP contribution in [-0.4, -0.2) is 62.2 Å². The SMILES string of the molecule is O=C(OCc1ccccc1[N+](=O)[O-])C1=CCS[C@@H]2C(NC(=O)/C(=N\O)C3=CSNCC3)C(=O)N12. The Balaban J connectivity index is 1.39. The number of hydrogen-bond acceptors (Lipinski definition) is 11. The number of ether oxygens (including phenoxy) is 1. The van der Waals surface area contributed by atoms with Gasteiger partial charge in [0.1, 0.15) is 23.7 Å². The van der Waals surface area contributed by atoms with Crippen LogP contribution in [-0.2, 0) is 25.7 Å². The molecule has 0 spiro atoms. The number of nitro groups is 1. The zero-order valence-corrected chi connectivity index (χ0v) is 19.1. The van der Waals surface area contributed by atoms with Crippen molar-refractivity contribution in [3.63, 3.8) is 0 Å². The molecule has 2 atom stereocenters. The zero-order valence-electron chi connectivity index (χ0n) is 17.5. The van der Waals surface area contributed by atoms with Gasteiger partial charge in [0.2, 0.25) is 0 Å². The molecule has 178 valence electrons. The Kier molecular flexibility index (Phi) is 7.19. The van der Waals surface area contributed by atoms with Crippen LogP contribution in [0.4, 0.5) is 5.69 Å². The molecule has 4 rings (SSSR count). The molecule has 1 saturated heterocycles. The van der Waals surface area contributed by atoms with E-state index in [1.807, 2.05) is 0 Å². The number of rotatable bonds is 7. The first kappa shape index (κ1) is 23.8. The van der Waals surface area contributed by atoms with Gasteiger partial charge in [-0.05, 0) is 29.5 Å². The number of nitro benzene ring substituents is 1. The van der Waals surface area contributed by atoms with E-state index >= 15 is 0 Å². The standard InChI is InChI=1S/C20H19N5O7S2/c26-17(15(23-29)12-5-7-21-34-10-12)22-16-18(27)24-14(6-8-33-19(16)24)20(28)32-9-11-3-1-2-4-13(11)25(30)31/h1-4,6,10,16,19,21,29H,5,7-9H2,(H,22,26)/b23-15-/t16?,19-/m1/s1. The maximum atomic E-state index is 12.8. The van der Waals surface area contributed by atoms with Gasteiger partial charge in [-0.2, -0.15) is 0 Å². The number of esters is 1. The van der Waals surface area contributed by atoms with Gasteiger partial charge in [-0.25, -0.2) is 4.79 Å². The molecule has 3 aliphatic heterocycles. The lowest BCUT2D eigenvalue weighted by atomic mass is 10.0. The third-order valence-electron chi connectivity index (χ3n) is 5.29. The van der Waals surface area contributed by atoms with E-state index in [0.717, 1.165) is 0 Å². The summed E-state index contributed by atoms with van der Waals surface area (Å²) in [7, 11) is 0. The second-order valence-corrected chi connectivity index (χ2v) is 9.20. The Morgan fingerprint density at radius 3 is 2.88 bits per heavy atom. The van der Waals surface area contributed by atoms with Crippen molar-refractivity contribution in [1.29, 1.82) is 0 Å². The van der Waals surface area contributed by atoms with Crippen LogP contribution in [0.15, 0.2) is 52.2 Å². The topological polar surface area (TPSA) is 163 Å². The maximum Gasteiger partial charge on any atom is 0.355 e. The minimum atomic E-state index is -0.907. The van der Waals surface area contributed by atoms with E-state index in [1.165, 1.54) is 52.9 Å². The van der Waals surface area contributed by atoms with Gasteiger partial charge < -0.3 is 15.3 Å². The highest BCUT2D eigenvalue weighted by atomic mass is 32.2. The first-order valence-corrected chi connectivity index (χ1v) is 12.0. The molecule has 34 heavy (non-hydrogen) atoms. The zero-order chi connectivity index (χ0) is 24.2. The van der Waals surface area contributed by atoms with Crippen molar-refractivity contribution in [1.82, 2.24) is 14.9 Å². The highest BCUT2D eigenvalue weighted by molar-refractivity contribution is 8.00. The van der Waals surface area contributed by atoms with E-state index < -0.39 is 34.1 Å². The summed E-state index contributed by atoms with van der Waals surface area (Å²) in [5.41, 5.74) is 0.451. The molecular formula is C20H19N5O7S2. The van der Waals surface area contributed by atoms with Crippen LogP contribution in [0.1, 0.15) is 12.0 Å². The Morgan fingerprint density at radius 2 is 2.18 bits per heavy atom.